The fraction of sp³-hybridized carbons (Fsp3) is 0.455. The van der Waals surface area contributed by atoms with Crippen molar-refractivity contribution < 1.29 is 4.74 Å². The average Bonchev–Trinajstić information content (AvgIpc) is 2.92. The van der Waals surface area contributed by atoms with Crippen molar-refractivity contribution in [3.63, 3.8) is 0 Å². The molecule has 1 aliphatic carbocycles. The van der Waals surface area contributed by atoms with E-state index in [-0.39, 0.29) is 0 Å². The van der Waals surface area contributed by atoms with Crippen LogP contribution in [0.5, 0.6) is 5.75 Å². The van der Waals surface area contributed by atoms with Gasteiger partial charge in [0.15, 0.2) is 0 Å². The molecule has 0 heterocycles. The van der Waals surface area contributed by atoms with Gasteiger partial charge in [0.1, 0.15) is 5.75 Å². The van der Waals surface area contributed by atoms with Gasteiger partial charge in [-0.3, -0.25) is 0 Å². The molecule has 1 aromatic carbocycles. The van der Waals surface area contributed by atoms with E-state index in [0.29, 0.717) is 12.0 Å². The van der Waals surface area contributed by atoms with Gasteiger partial charge in [-0.1, -0.05) is 12.1 Å². The van der Waals surface area contributed by atoms with Crippen LogP contribution in [0.25, 0.3) is 0 Å². The van der Waals surface area contributed by atoms with E-state index in [1.807, 2.05) is 12.1 Å². The van der Waals surface area contributed by atoms with Gasteiger partial charge >= 0.3 is 0 Å². The van der Waals surface area contributed by atoms with Crippen LogP contribution in [0.4, 0.5) is 0 Å². The number of ether oxygens (including phenoxy) is 1. The van der Waals surface area contributed by atoms with Crippen LogP contribution in [0.1, 0.15) is 24.0 Å². The number of alkyl halides is 1. The Morgan fingerprint density at radius 2 is 2.23 bits per heavy atom. The van der Waals surface area contributed by atoms with Crippen LogP contribution in [0.15, 0.2) is 18.2 Å². The van der Waals surface area contributed by atoms with Crippen molar-refractivity contribution in [3.8, 4) is 5.75 Å². The average molecular weight is 197 g/mol. The highest BCUT2D eigenvalue weighted by Gasteiger charge is 2.23. The van der Waals surface area contributed by atoms with Crippen LogP contribution in [0.2, 0.25) is 0 Å². The first kappa shape index (κ1) is 8.89. The van der Waals surface area contributed by atoms with Crippen LogP contribution in [-0.2, 0) is 5.88 Å². The molecule has 1 fully saturated rings. The number of hydrogen-bond donors (Lipinski definition) is 0. The highest BCUT2D eigenvalue weighted by Crippen LogP contribution is 2.29. The first-order valence-corrected chi connectivity index (χ1v) is 5.15. The Kier molecular flexibility index (Phi) is 2.45. The molecule has 1 aromatic rings. The molecule has 0 unspecified atom stereocenters. The van der Waals surface area contributed by atoms with Crippen LogP contribution < -0.4 is 4.74 Å². The fourth-order valence-electron chi connectivity index (χ4n) is 1.29. The van der Waals surface area contributed by atoms with E-state index < -0.39 is 0 Å². The summed E-state index contributed by atoms with van der Waals surface area (Å²) in [5.41, 5.74) is 2.34. The minimum Gasteiger partial charge on any atom is -0.490 e. The molecule has 0 amide bonds. The minimum absolute atomic E-state index is 0.473. The lowest BCUT2D eigenvalue weighted by molar-refractivity contribution is 0.301. The largest absolute Gasteiger partial charge is 0.490 e. The van der Waals surface area contributed by atoms with Gasteiger partial charge in [-0.25, -0.2) is 0 Å². The second kappa shape index (κ2) is 3.59. The van der Waals surface area contributed by atoms with Crippen LogP contribution >= 0.6 is 11.6 Å². The molecule has 0 spiro atoms. The Hall–Kier alpha value is -0.690. The Labute approximate surface area is 83.7 Å². The van der Waals surface area contributed by atoms with E-state index >= 15 is 0 Å². The van der Waals surface area contributed by atoms with Gasteiger partial charge in [0, 0.05) is 5.88 Å². The van der Waals surface area contributed by atoms with E-state index in [4.69, 9.17) is 16.3 Å². The van der Waals surface area contributed by atoms with Crippen molar-refractivity contribution >= 4 is 11.6 Å². The second-order valence-corrected chi connectivity index (χ2v) is 3.82. The summed E-state index contributed by atoms with van der Waals surface area (Å²) in [6, 6.07) is 6.13. The van der Waals surface area contributed by atoms with Gasteiger partial charge in [0.05, 0.1) is 6.10 Å². The normalized spacial score (nSPS) is 15.8. The van der Waals surface area contributed by atoms with Gasteiger partial charge in [-0.05, 0) is 37.0 Å². The Bertz CT molecular complexity index is 305. The molecule has 1 aliphatic rings. The zero-order valence-electron chi connectivity index (χ0n) is 7.72. The lowest BCUT2D eigenvalue weighted by Crippen LogP contribution is -1.97. The summed E-state index contributed by atoms with van der Waals surface area (Å²) in [6.07, 6.45) is 2.88. The molecule has 13 heavy (non-hydrogen) atoms. The number of rotatable bonds is 3. The maximum atomic E-state index is 5.73. The fourth-order valence-corrected chi connectivity index (χ4v) is 1.46. The highest BCUT2D eigenvalue weighted by atomic mass is 35.5. The smallest absolute Gasteiger partial charge is 0.122 e. The summed E-state index contributed by atoms with van der Waals surface area (Å²) in [4.78, 5) is 0. The van der Waals surface area contributed by atoms with Gasteiger partial charge in [-0.2, -0.15) is 0 Å². The van der Waals surface area contributed by atoms with E-state index in [1.165, 1.54) is 18.4 Å². The van der Waals surface area contributed by atoms with Crippen LogP contribution in [-0.4, -0.2) is 6.10 Å². The standard InChI is InChI=1S/C11H13ClO/c1-8-6-9(7-12)2-5-11(8)13-10-3-4-10/h2,5-6,10H,3-4,7H2,1H3. The molecule has 0 N–H and O–H groups in total. The predicted molar refractivity (Wildman–Crippen MR) is 54.4 cm³/mol. The molecule has 0 radical (unpaired) electrons. The number of halogens is 1. The number of aryl methyl sites for hydroxylation is 1. The third-order valence-electron chi connectivity index (χ3n) is 2.21. The van der Waals surface area contributed by atoms with Crippen LogP contribution in [0, 0.1) is 6.92 Å². The molecule has 2 rings (SSSR count). The first-order valence-electron chi connectivity index (χ1n) is 4.62. The Morgan fingerprint density at radius 1 is 1.46 bits per heavy atom. The molecule has 1 nitrogen and oxygen atoms in total. The van der Waals surface area contributed by atoms with Crippen molar-refractivity contribution in [1.82, 2.24) is 0 Å². The summed E-state index contributed by atoms with van der Waals surface area (Å²) in [5.74, 6) is 1.58. The molecule has 0 aromatic heterocycles. The Balaban J connectivity index is 2.15. The topological polar surface area (TPSA) is 9.23 Å². The van der Waals surface area contributed by atoms with Gasteiger partial charge in [-0.15, -0.1) is 11.6 Å². The molecule has 1 saturated carbocycles. The number of hydrogen-bond acceptors (Lipinski definition) is 1. The lowest BCUT2D eigenvalue weighted by atomic mass is 10.1. The van der Waals surface area contributed by atoms with E-state index in [2.05, 4.69) is 13.0 Å². The molecular weight excluding hydrogens is 184 g/mol. The van der Waals surface area contributed by atoms with Crippen LogP contribution in [0.3, 0.4) is 0 Å². The first-order chi connectivity index (χ1) is 6.29. The summed E-state index contributed by atoms with van der Waals surface area (Å²) >= 11 is 5.73. The van der Waals surface area contributed by atoms with Gasteiger partial charge in [0.25, 0.3) is 0 Å². The third-order valence-corrected chi connectivity index (χ3v) is 2.52. The summed E-state index contributed by atoms with van der Waals surface area (Å²) in [7, 11) is 0. The highest BCUT2D eigenvalue weighted by molar-refractivity contribution is 6.17. The molecule has 2 heteroatoms. The van der Waals surface area contributed by atoms with Gasteiger partial charge in [0.2, 0.25) is 0 Å². The maximum absolute atomic E-state index is 5.73. The SMILES string of the molecule is Cc1cc(CCl)ccc1OC1CC1. The van der Waals surface area contributed by atoms with Gasteiger partial charge < -0.3 is 4.74 Å². The monoisotopic (exact) mass is 196 g/mol. The number of benzene rings is 1. The van der Waals surface area contributed by atoms with E-state index in [0.717, 1.165) is 11.3 Å². The van der Waals surface area contributed by atoms with E-state index in [9.17, 15) is 0 Å². The molecular formula is C11H13ClO. The summed E-state index contributed by atoms with van der Waals surface area (Å²) in [6.45, 7) is 2.06. The molecule has 0 saturated heterocycles. The minimum atomic E-state index is 0.473. The summed E-state index contributed by atoms with van der Waals surface area (Å²) in [5, 5.41) is 0. The van der Waals surface area contributed by atoms with Crippen molar-refractivity contribution in [3.05, 3.63) is 29.3 Å². The Morgan fingerprint density at radius 3 is 2.77 bits per heavy atom. The van der Waals surface area contributed by atoms with Crippen molar-refractivity contribution in [2.24, 2.45) is 0 Å². The zero-order chi connectivity index (χ0) is 9.26. The third kappa shape index (κ3) is 2.16. The second-order valence-electron chi connectivity index (χ2n) is 3.55. The van der Waals surface area contributed by atoms with Crippen molar-refractivity contribution in [1.29, 1.82) is 0 Å². The molecule has 0 bridgehead atoms. The predicted octanol–water partition coefficient (Wildman–Crippen LogP) is 3.28. The molecule has 70 valence electrons. The molecule has 0 aliphatic heterocycles. The quantitative estimate of drug-likeness (QED) is 0.675. The maximum Gasteiger partial charge on any atom is 0.122 e. The van der Waals surface area contributed by atoms with Crippen molar-refractivity contribution in [2.45, 2.75) is 31.7 Å². The zero-order valence-corrected chi connectivity index (χ0v) is 8.47. The summed E-state index contributed by atoms with van der Waals surface area (Å²) < 4.78 is 5.71. The lowest BCUT2D eigenvalue weighted by Gasteiger charge is -2.08. The molecule has 0 atom stereocenters. The van der Waals surface area contributed by atoms with E-state index in [1.54, 1.807) is 0 Å². The van der Waals surface area contributed by atoms with Crippen molar-refractivity contribution in [2.75, 3.05) is 0 Å².